The monoisotopic (exact) mass is 255 g/mol. The van der Waals surface area contributed by atoms with E-state index in [0.29, 0.717) is 22.8 Å². The van der Waals surface area contributed by atoms with E-state index in [-0.39, 0.29) is 5.75 Å². The van der Waals surface area contributed by atoms with Crippen LogP contribution in [0.4, 0.5) is 0 Å². The molecule has 0 radical (unpaired) electrons. The molecule has 0 saturated carbocycles. The zero-order valence-corrected chi connectivity index (χ0v) is 10.3. The second kappa shape index (κ2) is 4.48. The zero-order chi connectivity index (χ0) is 11.7. The van der Waals surface area contributed by atoms with E-state index in [1.54, 1.807) is 12.1 Å². The lowest BCUT2D eigenvalue weighted by atomic mass is 10.1. The number of nitrogens with zero attached hydrogens (tertiary/aromatic N) is 1. The van der Waals surface area contributed by atoms with Crippen LogP contribution in [0.2, 0.25) is 5.02 Å². The average Bonchev–Trinajstić information content (AvgIpc) is 2.26. The third kappa shape index (κ3) is 1.83. The van der Waals surface area contributed by atoms with E-state index in [0.717, 1.165) is 16.6 Å². The molecule has 0 spiro atoms. The van der Waals surface area contributed by atoms with Gasteiger partial charge < -0.3 is 5.11 Å². The lowest BCUT2D eigenvalue weighted by Crippen LogP contribution is -1.97. The van der Waals surface area contributed by atoms with Crippen molar-refractivity contribution in [2.45, 2.75) is 13.3 Å². The molecule has 0 aliphatic carbocycles. The van der Waals surface area contributed by atoms with Gasteiger partial charge in [0.05, 0.1) is 5.02 Å². The number of aromatic hydroxyl groups is 1. The van der Waals surface area contributed by atoms with E-state index in [2.05, 4.69) is 4.98 Å². The van der Waals surface area contributed by atoms with Crippen LogP contribution < -0.4 is 0 Å². The molecule has 0 atom stereocenters. The second-order valence-electron chi connectivity index (χ2n) is 3.60. The Morgan fingerprint density at radius 2 is 2.12 bits per heavy atom. The molecular weight excluding hydrogens is 245 g/mol. The number of para-hydroxylation sites is 1. The molecule has 1 N–H and O–H groups in total. The normalized spacial score (nSPS) is 10.9. The minimum atomic E-state index is 0.153. The Hall–Kier alpha value is -0.990. The van der Waals surface area contributed by atoms with Gasteiger partial charge in [-0.25, -0.2) is 4.98 Å². The highest BCUT2D eigenvalue weighted by atomic mass is 35.5. The van der Waals surface area contributed by atoms with E-state index in [4.69, 9.17) is 23.2 Å². The topological polar surface area (TPSA) is 33.1 Å². The van der Waals surface area contributed by atoms with Crippen molar-refractivity contribution in [3.05, 3.63) is 34.5 Å². The molecule has 0 unspecified atom stereocenters. The fourth-order valence-corrected chi connectivity index (χ4v) is 2.34. The van der Waals surface area contributed by atoms with Crippen molar-refractivity contribution >= 4 is 34.1 Å². The summed E-state index contributed by atoms with van der Waals surface area (Å²) in [6.45, 7) is 1.87. The predicted octanol–water partition coefficient (Wildman–Crippen LogP) is 3.68. The van der Waals surface area contributed by atoms with Gasteiger partial charge in [-0.15, -0.1) is 11.6 Å². The van der Waals surface area contributed by atoms with Gasteiger partial charge in [0.25, 0.3) is 0 Å². The van der Waals surface area contributed by atoms with E-state index in [1.165, 1.54) is 0 Å². The Kier molecular flexibility index (Phi) is 3.22. The van der Waals surface area contributed by atoms with Crippen LogP contribution in [-0.4, -0.2) is 16.0 Å². The maximum atomic E-state index is 9.69. The number of phenols is 1. The Balaban J connectivity index is 2.78. The Morgan fingerprint density at radius 3 is 2.81 bits per heavy atom. The molecule has 16 heavy (non-hydrogen) atoms. The fraction of sp³-hybridized carbons (Fsp3) is 0.250. The number of aryl methyl sites for hydroxylation is 1. The molecule has 1 aromatic heterocycles. The molecule has 0 amide bonds. The molecule has 0 fully saturated rings. The number of phenolic OH excluding ortho intramolecular Hbond substituents is 1. The van der Waals surface area contributed by atoms with Crippen LogP contribution in [0.1, 0.15) is 11.3 Å². The summed E-state index contributed by atoms with van der Waals surface area (Å²) in [5, 5.41) is 11.1. The minimum Gasteiger partial charge on any atom is -0.506 e. The van der Waals surface area contributed by atoms with E-state index in [1.807, 2.05) is 13.0 Å². The molecule has 4 heteroatoms. The lowest BCUT2D eigenvalue weighted by molar-refractivity contribution is 0.480. The van der Waals surface area contributed by atoms with Crippen molar-refractivity contribution in [1.29, 1.82) is 0 Å². The maximum Gasteiger partial charge on any atom is 0.141 e. The number of hydrogen-bond donors (Lipinski definition) is 1. The molecule has 1 heterocycles. The number of pyridine rings is 1. The van der Waals surface area contributed by atoms with Crippen LogP contribution >= 0.6 is 23.2 Å². The summed E-state index contributed by atoms with van der Waals surface area (Å²) in [5.74, 6) is 0.659. The first-order chi connectivity index (χ1) is 7.65. The van der Waals surface area contributed by atoms with Crippen LogP contribution in [0.5, 0.6) is 5.75 Å². The molecule has 0 aliphatic rings. The number of rotatable bonds is 2. The highest BCUT2D eigenvalue weighted by Crippen LogP contribution is 2.32. The number of benzene rings is 1. The summed E-state index contributed by atoms with van der Waals surface area (Å²) in [6.07, 6.45) is 0.685. The molecular formula is C12H11Cl2NO. The van der Waals surface area contributed by atoms with Gasteiger partial charge in [0.15, 0.2) is 0 Å². The largest absolute Gasteiger partial charge is 0.506 e. The molecule has 2 nitrogen and oxygen atoms in total. The predicted molar refractivity (Wildman–Crippen MR) is 67.6 cm³/mol. The number of aromatic nitrogens is 1. The van der Waals surface area contributed by atoms with Crippen molar-refractivity contribution in [3.63, 3.8) is 0 Å². The molecule has 2 aromatic rings. The highest BCUT2D eigenvalue weighted by molar-refractivity contribution is 6.36. The van der Waals surface area contributed by atoms with Crippen molar-refractivity contribution in [1.82, 2.24) is 4.98 Å². The standard InChI is InChI=1S/C12H11Cl2NO/c1-7-8(5-6-13)11(14)9-3-2-4-10(16)12(9)15-7/h2-4,16H,5-6H2,1H3. The number of fused-ring (bicyclic) bond motifs is 1. The van der Waals surface area contributed by atoms with Gasteiger partial charge in [-0.2, -0.15) is 0 Å². The smallest absolute Gasteiger partial charge is 0.141 e. The third-order valence-electron chi connectivity index (χ3n) is 2.58. The molecule has 1 aromatic carbocycles. The van der Waals surface area contributed by atoms with Gasteiger partial charge >= 0.3 is 0 Å². The van der Waals surface area contributed by atoms with Crippen LogP contribution in [0, 0.1) is 6.92 Å². The summed E-state index contributed by atoms with van der Waals surface area (Å²) in [5.41, 5.74) is 2.32. The average molecular weight is 256 g/mol. The minimum absolute atomic E-state index is 0.153. The molecule has 84 valence electrons. The molecule has 0 saturated heterocycles. The highest BCUT2D eigenvalue weighted by Gasteiger charge is 2.12. The fourth-order valence-electron chi connectivity index (χ4n) is 1.77. The van der Waals surface area contributed by atoms with Crippen LogP contribution in [0.3, 0.4) is 0 Å². The summed E-state index contributed by atoms with van der Waals surface area (Å²) < 4.78 is 0. The first-order valence-corrected chi connectivity index (χ1v) is 5.89. The van der Waals surface area contributed by atoms with Gasteiger partial charge in [0, 0.05) is 17.0 Å². The van der Waals surface area contributed by atoms with Gasteiger partial charge in [-0.1, -0.05) is 23.7 Å². The maximum absolute atomic E-state index is 9.69. The lowest BCUT2D eigenvalue weighted by Gasteiger charge is -2.10. The summed E-state index contributed by atoms with van der Waals surface area (Å²) in [6, 6.07) is 5.21. The quantitative estimate of drug-likeness (QED) is 0.831. The number of halogens is 2. The van der Waals surface area contributed by atoms with Gasteiger partial charge in [-0.05, 0) is 25.0 Å². The third-order valence-corrected chi connectivity index (χ3v) is 3.20. The number of hydrogen-bond acceptors (Lipinski definition) is 2. The van der Waals surface area contributed by atoms with Crippen LogP contribution in [-0.2, 0) is 6.42 Å². The SMILES string of the molecule is Cc1nc2c(O)cccc2c(Cl)c1CCCl. The molecule has 0 aliphatic heterocycles. The second-order valence-corrected chi connectivity index (χ2v) is 4.36. The van der Waals surface area contributed by atoms with E-state index < -0.39 is 0 Å². The number of alkyl halides is 1. The van der Waals surface area contributed by atoms with Gasteiger partial charge in [-0.3, -0.25) is 0 Å². The van der Waals surface area contributed by atoms with Crippen molar-refractivity contribution in [3.8, 4) is 5.75 Å². The van der Waals surface area contributed by atoms with Gasteiger partial charge in [0.1, 0.15) is 11.3 Å². The van der Waals surface area contributed by atoms with Crippen molar-refractivity contribution in [2.24, 2.45) is 0 Å². The molecule has 2 rings (SSSR count). The Bertz CT molecular complexity index is 540. The van der Waals surface area contributed by atoms with Crippen molar-refractivity contribution in [2.75, 3.05) is 5.88 Å². The van der Waals surface area contributed by atoms with E-state index in [9.17, 15) is 5.11 Å². The summed E-state index contributed by atoms with van der Waals surface area (Å²) in [4.78, 5) is 4.36. The van der Waals surface area contributed by atoms with Crippen LogP contribution in [0.25, 0.3) is 10.9 Å². The Labute approximate surface area is 104 Å². The zero-order valence-electron chi connectivity index (χ0n) is 8.80. The first kappa shape index (κ1) is 11.5. The summed E-state index contributed by atoms with van der Waals surface area (Å²) >= 11 is 12.0. The summed E-state index contributed by atoms with van der Waals surface area (Å²) in [7, 11) is 0. The first-order valence-electron chi connectivity index (χ1n) is 4.97. The van der Waals surface area contributed by atoms with E-state index >= 15 is 0 Å². The van der Waals surface area contributed by atoms with Gasteiger partial charge in [0.2, 0.25) is 0 Å². The van der Waals surface area contributed by atoms with Crippen molar-refractivity contribution < 1.29 is 5.11 Å². The molecule has 0 bridgehead atoms. The Morgan fingerprint density at radius 1 is 1.38 bits per heavy atom. The van der Waals surface area contributed by atoms with Crippen LogP contribution in [0.15, 0.2) is 18.2 Å².